The van der Waals surface area contributed by atoms with Gasteiger partial charge in [0.05, 0.1) is 0 Å². The summed E-state index contributed by atoms with van der Waals surface area (Å²) in [5, 5.41) is 0. The summed E-state index contributed by atoms with van der Waals surface area (Å²) < 4.78 is 16.9. The highest BCUT2D eigenvalue weighted by atomic mass is 16.6. The van der Waals surface area contributed by atoms with Crippen molar-refractivity contribution >= 4 is 17.9 Å². The van der Waals surface area contributed by atoms with E-state index in [0.29, 0.717) is 19.3 Å². The number of unbranched alkanes of at least 4 members (excludes halogenated alkanes) is 23. The van der Waals surface area contributed by atoms with Crippen LogP contribution in [0, 0.1) is 0 Å². The Morgan fingerprint density at radius 1 is 0.284 bits per heavy atom. The molecule has 0 aromatic carbocycles. The van der Waals surface area contributed by atoms with Gasteiger partial charge in [-0.25, -0.2) is 0 Å². The Kier molecular flexibility index (Phi) is 57.9. The van der Waals surface area contributed by atoms with Crippen molar-refractivity contribution in [3.63, 3.8) is 0 Å². The Morgan fingerprint density at radius 2 is 0.527 bits per heavy atom. The molecule has 0 rings (SSSR count). The second-order valence-corrected chi connectivity index (χ2v) is 19.8. The van der Waals surface area contributed by atoms with Crippen LogP contribution in [0.15, 0.2) is 122 Å². The molecule has 0 bridgehead atoms. The van der Waals surface area contributed by atoms with Crippen LogP contribution in [0.5, 0.6) is 0 Å². The van der Waals surface area contributed by atoms with Crippen LogP contribution in [0.1, 0.15) is 271 Å². The van der Waals surface area contributed by atoms with E-state index in [9.17, 15) is 14.4 Å². The molecule has 6 heteroatoms. The van der Waals surface area contributed by atoms with Crippen LogP contribution in [-0.4, -0.2) is 37.2 Å². The van der Waals surface area contributed by atoms with Crippen molar-refractivity contribution in [3.05, 3.63) is 122 Å². The van der Waals surface area contributed by atoms with Crippen LogP contribution in [0.3, 0.4) is 0 Å². The van der Waals surface area contributed by atoms with Crippen LogP contribution in [-0.2, 0) is 28.6 Å². The lowest BCUT2D eigenvalue weighted by Crippen LogP contribution is -2.30. The molecule has 6 nitrogen and oxygen atoms in total. The number of esters is 3. The summed E-state index contributed by atoms with van der Waals surface area (Å²) in [7, 11) is 0. The van der Waals surface area contributed by atoms with Gasteiger partial charge in [0.1, 0.15) is 13.2 Å². The van der Waals surface area contributed by atoms with E-state index in [1.165, 1.54) is 83.5 Å². The maximum atomic E-state index is 12.9. The highest BCUT2D eigenvalue weighted by Gasteiger charge is 2.19. The SMILES string of the molecule is CC/C=C\C/C=C\C/C=C\C/C=C\C/C=C\CCCCCCCC(=O)OCC(COC(=O)CCCCCCCCC/C=C\C/C=C\C/C=C\CC)OC(=O)CCCCCCCCC/C=C\C/C=C\CCCCCC. The molecule has 1 atom stereocenters. The van der Waals surface area contributed by atoms with Gasteiger partial charge in [-0.3, -0.25) is 14.4 Å². The van der Waals surface area contributed by atoms with Gasteiger partial charge in [0.2, 0.25) is 0 Å². The lowest BCUT2D eigenvalue weighted by molar-refractivity contribution is -0.167. The van der Waals surface area contributed by atoms with Gasteiger partial charge in [-0.05, 0) is 128 Å². The Balaban J connectivity index is 4.47. The lowest BCUT2D eigenvalue weighted by atomic mass is 10.1. The first kappa shape index (κ1) is 69.8. The number of ether oxygens (including phenoxy) is 3. The second kappa shape index (κ2) is 61.4. The van der Waals surface area contributed by atoms with Gasteiger partial charge in [0.25, 0.3) is 0 Å². The van der Waals surface area contributed by atoms with Gasteiger partial charge in [-0.2, -0.15) is 0 Å². The molecule has 0 aromatic heterocycles. The minimum absolute atomic E-state index is 0.0954. The third-order valence-corrected chi connectivity index (χ3v) is 12.7. The molecule has 1 unspecified atom stereocenters. The molecule has 0 aliphatic carbocycles. The number of allylic oxidation sites excluding steroid dienone is 20. The average molecular weight is 1030 g/mol. The van der Waals surface area contributed by atoms with Crippen molar-refractivity contribution in [1.82, 2.24) is 0 Å². The van der Waals surface area contributed by atoms with Gasteiger partial charge < -0.3 is 14.2 Å². The van der Waals surface area contributed by atoms with E-state index in [2.05, 4.69) is 142 Å². The monoisotopic (exact) mass is 1020 g/mol. The number of rotatable bonds is 54. The molecule has 0 saturated carbocycles. The Bertz CT molecular complexity index is 1550. The van der Waals surface area contributed by atoms with Crippen LogP contribution in [0.25, 0.3) is 0 Å². The predicted octanol–water partition coefficient (Wildman–Crippen LogP) is 20.8. The molecule has 0 aliphatic rings. The van der Waals surface area contributed by atoms with Crippen molar-refractivity contribution in [1.29, 1.82) is 0 Å². The number of hydrogen-bond donors (Lipinski definition) is 0. The smallest absolute Gasteiger partial charge is 0.306 e. The summed E-state index contributed by atoms with van der Waals surface area (Å²) in [5.74, 6) is -0.929. The summed E-state index contributed by atoms with van der Waals surface area (Å²) >= 11 is 0. The Hall–Kier alpha value is -4.19. The largest absolute Gasteiger partial charge is 0.462 e. The normalized spacial score (nSPS) is 13.0. The minimum atomic E-state index is -0.800. The average Bonchev–Trinajstić information content (AvgIpc) is 3.40. The molecule has 0 radical (unpaired) electrons. The zero-order valence-corrected chi connectivity index (χ0v) is 48.1. The first-order chi connectivity index (χ1) is 36.5. The molecule has 0 heterocycles. The number of carbonyl (C=O) groups excluding carboxylic acids is 3. The van der Waals surface area contributed by atoms with E-state index < -0.39 is 6.10 Å². The summed E-state index contributed by atoms with van der Waals surface area (Å²) in [4.78, 5) is 38.3. The topological polar surface area (TPSA) is 78.9 Å². The third kappa shape index (κ3) is 58.7. The van der Waals surface area contributed by atoms with Gasteiger partial charge >= 0.3 is 17.9 Å². The molecule has 0 saturated heterocycles. The van der Waals surface area contributed by atoms with Gasteiger partial charge in [-0.1, -0.05) is 245 Å². The quantitative estimate of drug-likeness (QED) is 0.0261. The van der Waals surface area contributed by atoms with Crippen LogP contribution < -0.4 is 0 Å². The highest BCUT2D eigenvalue weighted by Crippen LogP contribution is 2.15. The molecule has 0 amide bonds. The number of hydrogen-bond acceptors (Lipinski definition) is 6. The van der Waals surface area contributed by atoms with Crippen molar-refractivity contribution < 1.29 is 28.6 Å². The molecule has 74 heavy (non-hydrogen) atoms. The summed E-state index contributed by atoms with van der Waals surface area (Å²) in [6, 6.07) is 0. The fraction of sp³-hybridized carbons (Fsp3) is 0.662. The molecule has 0 N–H and O–H groups in total. The lowest BCUT2D eigenvalue weighted by Gasteiger charge is -2.18. The summed E-state index contributed by atoms with van der Waals surface area (Å²) in [6.07, 6.45) is 84.7. The highest BCUT2D eigenvalue weighted by molar-refractivity contribution is 5.71. The Morgan fingerprint density at radius 3 is 0.824 bits per heavy atom. The van der Waals surface area contributed by atoms with Crippen molar-refractivity contribution in [2.75, 3.05) is 13.2 Å². The van der Waals surface area contributed by atoms with Gasteiger partial charge in [0, 0.05) is 19.3 Å². The molecular formula is C68H112O6. The molecule has 0 aliphatic heterocycles. The van der Waals surface area contributed by atoms with Crippen molar-refractivity contribution in [2.45, 2.75) is 277 Å². The maximum absolute atomic E-state index is 12.9. The van der Waals surface area contributed by atoms with E-state index >= 15 is 0 Å². The summed E-state index contributed by atoms with van der Waals surface area (Å²) in [5.41, 5.74) is 0. The first-order valence-corrected chi connectivity index (χ1v) is 30.5. The van der Waals surface area contributed by atoms with E-state index in [1.54, 1.807) is 0 Å². The zero-order chi connectivity index (χ0) is 53.6. The standard InChI is InChI=1S/C68H112O6/c1-4-7-10-13-16-19-22-25-28-31-33-34-35-38-40-43-46-49-52-55-58-61-67(70)73-64-65(63-72-66(69)60-57-54-51-48-45-42-39-36-30-27-24-21-18-15-12-9-6-3)74-68(71)62-59-56-53-50-47-44-41-37-32-29-26-23-20-17-14-11-8-5-2/h7,9-10,12,16,18-21,23,25,27-30,32-34,38,40,65H,4-6,8,11,13-15,17,22,24,26,31,35-37,39,41-64H2,1-3H3/b10-7-,12-9-,19-16-,21-18-,23-20-,28-25-,30-27-,32-29-,34-33-,40-38-. The predicted molar refractivity (Wildman–Crippen MR) is 320 cm³/mol. The fourth-order valence-electron chi connectivity index (χ4n) is 8.16. The van der Waals surface area contributed by atoms with Crippen LogP contribution in [0.2, 0.25) is 0 Å². The molecule has 0 fully saturated rings. The summed E-state index contributed by atoms with van der Waals surface area (Å²) in [6.45, 7) is 6.38. The van der Waals surface area contributed by atoms with Crippen molar-refractivity contribution in [3.8, 4) is 0 Å². The van der Waals surface area contributed by atoms with Gasteiger partial charge in [0.15, 0.2) is 6.10 Å². The van der Waals surface area contributed by atoms with E-state index in [-0.39, 0.29) is 31.1 Å². The molecule has 0 spiro atoms. The van der Waals surface area contributed by atoms with E-state index in [1.807, 2.05) is 0 Å². The maximum Gasteiger partial charge on any atom is 0.306 e. The second-order valence-electron chi connectivity index (χ2n) is 19.8. The third-order valence-electron chi connectivity index (χ3n) is 12.7. The van der Waals surface area contributed by atoms with Gasteiger partial charge in [-0.15, -0.1) is 0 Å². The fourth-order valence-corrected chi connectivity index (χ4v) is 8.16. The van der Waals surface area contributed by atoms with Crippen molar-refractivity contribution in [2.24, 2.45) is 0 Å². The first-order valence-electron chi connectivity index (χ1n) is 30.5. The van der Waals surface area contributed by atoms with Crippen LogP contribution >= 0.6 is 0 Å². The number of carbonyl (C=O) groups is 3. The zero-order valence-electron chi connectivity index (χ0n) is 48.1. The molecule has 420 valence electrons. The Labute approximate surface area is 456 Å². The molecule has 0 aromatic rings. The van der Waals surface area contributed by atoms with E-state index in [4.69, 9.17) is 14.2 Å². The minimum Gasteiger partial charge on any atom is -0.462 e. The van der Waals surface area contributed by atoms with E-state index in [0.717, 1.165) is 148 Å². The molecular weight excluding hydrogens is 913 g/mol. The van der Waals surface area contributed by atoms with Crippen LogP contribution in [0.4, 0.5) is 0 Å².